The monoisotopic (exact) mass is 366 g/mol. The fourth-order valence-electron chi connectivity index (χ4n) is 4.21. The zero-order chi connectivity index (χ0) is 19.0. The number of carbonyl (C=O) groups is 2. The molecule has 1 aromatic heterocycles. The van der Waals surface area contributed by atoms with Crippen molar-refractivity contribution >= 4 is 17.5 Å². The van der Waals surface area contributed by atoms with E-state index in [1.165, 1.54) is 5.56 Å². The molecule has 0 aliphatic carbocycles. The SMILES string of the molecule is CCN(CC)C(=O)c1nc(C(=O)N2CCc3ccccc32)c2n1CCCC2. The van der Waals surface area contributed by atoms with Gasteiger partial charge in [-0.25, -0.2) is 4.98 Å². The van der Waals surface area contributed by atoms with Crippen LogP contribution in [0.3, 0.4) is 0 Å². The Balaban J connectivity index is 1.73. The minimum absolute atomic E-state index is 0.0794. The predicted octanol–water partition coefficient (Wildman–Crippen LogP) is 2.90. The Labute approximate surface area is 159 Å². The molecule has 2 aliphatic heterocycles. The standard InChI is InChI=1S/C21H26N4O2/c1-3-23(4-2)21(27)19-22-18(17-11-7-8-13-24(17)19)20(26)25-14-12-15-9-5-6-10-16(15)25/h5-6,9-10H,3-4,7-8,11-14H2,1-2H3. The Morgan fingerprint density at radius 1 is 1.07 bits per heavy atom. The van der Waals surface area contributed by atoms with Crippen molar-refractivity contribution in [3.05, 3.63) is 47.0 Å². The summed E-state index contributed by atoms with van der Waals surface area (Å²) in [5.41, 5.74) is 3.54. The molecule has 2 aromatic rings. The molecule has 0 atom stereocenters. The number of anilines is 1. The molecular formula is C21H26N4O2. The highest BCUT2D eigenvalue weighted by atomic mass is 16.2. The summed E-state index contributed by atoms with van der Waals surface area (Å²) in [6, 6.07) is 8.03. The highest BCUT2D eigenvalue weighted by Crippen LogP contribution is 2.30. The first-order valence-corrected chi connectivity index (χ1v) is 9.94. The van der Waals surface area contributed by atoms with Crippen LogP contribution in [-0.2, 0) is 19.4 Å². The van der Waals surface area contributed by atoms with Crippen molar-refractivity contribution < 1.29 is 9.59 Å². The van der Waals surface area contributed by atoms with E-state index in [9.17, 15) is 9.59 Å². The second kappa shape index (κ2) is 7.18. The van der Waals surface area contributed by atoms with Crippen LogP contribution in [0.4, 0.5) is 5.69 Å². The molecule has 6 heteroatoms. The molecule has 1 aromatic carbocycles. The van der Waals surface area contributed by atoms with Crippen LogP contribution < -0.4 is 4.90 Å². The van der Waals surface area contributed by atoms with Crippen LogP contribution in [-0.4, -0.2) is 45.9 Å². The summed E-state index contributed by atoms with van der Waals surface area (Å²) in [6.07, 6.45) is 3.71. The van der Waals surface area contributed by atoms with Gasteiger partial charge in [0.05, 0.1) is 5.69 Å². The summed E-state index contributed by atoms with van der Waals surface area (Å²) >= 11 is 0. The zero-order valence-corrected chi connectivity index (χ0v) is 16.1. The molecule has 27 heavy (non-hydrogen) atoms. The topological polar surface area (TPSA) is 58.4 Å². The number of rotatable bonds is 4. The van der Waals surface area contributed by atoms with Crippen LogP contribution in [0, 0.1) is 0 Å². The minimum atomic E-state index is -0.0796. The summed E-state index contributed by atoms with van der Waals surface area (Å²) in [4.78, 5) is 34.5. The number of imidazole rings is 1. The van der Waals surface area contributed by atoms with Gasteiger partial charge < -0.3 is 14.4 Å². The number of benzene rings is 1. The Bertz CT molecular complexity index is 882. The van der Waals surface area contributed by atoms with Crippen molar-refractivity contribution in [2.24, 2.45) is 0 Å². The van der Waals surface area contributed by atoms with Crippen molar-refractivity contribution in [1.82, 2.24) is 14.5 Å². The summed E-state index contributed by atoms with van der Waals surface area (Å²) in [5.74, 6) is 0.262. The van der Waals surface area contributed by atoms with Crippen LogP contribution in [0.5, 0.6) is 0 Å². The van der Waals surface area contributed by atoms with Gasteiger partial charge in [-0.1, -0.05) is 18.2 Å². The normalized spacial score (nSPS) is 15.4. The molecule has 0 N–H and O–H groups in total. The summed E-state index contributed by atoms with van der Waals surface area (Å²) in [5, 5.41) is 0. The number of amides is 2. The summed E-state index contributed by atoms with van der Waals surface area (Å²) in [7, 11) is 0. The lowest BCUT2D eigenvalue weighted by atomic mass is 10.1. The molecule has 2 amide bonds. The van der Waals surface area contributed by atoms with E-state index < -0.39 is 0 Å². The largest absolute Gasteiger partial charge is 0.337 e. The summed E-state index contributed by atoms with van der Waals surface area (Å²) in [6.45, 7) is 6.64. The lowest BCUT2D eigenvalue weighted by Crippen LogP contribution is -2.33. The van der Waals surface area contributed by atoms with E-state index in [1.54, 1.807) is 4.90 Å². The number of nitrogens with zero attached hydrogens (tertiary/aromatic N) is 4. The maximum Gasteiger partial charge on any atom is 0.289 e. The van der Waals surface area contributed by atoms with Gasteiger partial charge in [0, 0.05) is 31.9 Å². The molecular weight excluding hydrogens is 340 g/mol. The van der Waals surface area contributed by atoms with Gasteiger partial charge in [-0.2, -0.15) is 0 Å². The van der Waals surface area contributed by atoms with E-state index in [4.69, 9.17) is 0 Å². The lowest BCUT2D eigenvalue weighted by Gasteiger charge is -2.21. The highest BCUT2D eigenvalue weighted by Gasteiger charge is 2.33. The van der Waals surface area contributed by atoms with E-state index in [0.29, 0.717) is 31.2 Å². The van der Waals surface area contributed by atoms with Crippen LogP contribution in [0.2, 0.25) is 0 Å². The Kier molecular flexibility index (Phi) is 4.72. The third-order valence-corrected chi connectivity index (χ3v) is 5.69. The molecule has 2 aliphatic rings. The first-order chi connectivity index (χ1) is 13.2. The van der Waals surface area contributed by atoms with Gasteiger partial charge in [0.15, 0.2) is 11.5 Å². The number of fused-ring (bicyclic) bond motifs is 2. The van der Waals surface area contributed by atoms with Crippen molar-refractivity contribution in [3.63, 3.8) is 0 Å². The van der Waals surface area contributed by atoms with Crippen molar-refractivity contribution in [2.75, 3.05) is 24.5 Å². The Hall–Kier alpha value is -2.63. The van der Waals surface area contributed by atoms with Gasteiger partial charge in [-0.3, -0.25) is 9.59 Å². The van der Waals surface area contributed by atoms with Crippen molar-refractivity contribution in [2.45, 2.75) is 46.1 Å². The average molecular weight is 366 g/mol. The van der Waals surface area contributed by atoms with E-state index in [0.717, 1.165) is 43.6 Å². The van der Waals surface area contributed by atoms with Gasteiger partial charge in [0.2, 0.25) is 0 Å². The fourth-order valence-corrected chi connectivity index (χ4v) is 4.21. The number of hydrogen-bond acceptors (Lipinski definition) is 3. The second-order valence-electron chi connectivity index (χ2n) is 7.15. The van der Waals surface area contributed by atoms with Crippen molar-refractivity contribution in [1.29, 1.82) is 0 Å². The van der Waals surface area contributed by atoms with Gasteiger partial charge in [-0.15, -0.1) is 0 Å². The van der Waals surface area contributed by atoms with E-state index >= 15 is 0 Å². The third kappa shape index (κ3) is 2.93. The number of para-hydroxylation sites is 1. The molecule has 4 rings (SSSR count). The molecule has 0 unspecified atom stereocenters. The van der Waals surface area contributed by atoms with Crippen LogP contribution in [0.1, 0.15) is 59.1 Å². The molecule has 0 fully saturated rings. The molecule has 0 bridgehead atoms. The van der Waals surface area contributed by atoms with Crippen LogP contribution in [0.25, 0.3) is 0 Å². The smallest absolute Gasteiger partial charge is 0.289 e. The number of carbonyl (C=O) groups excluding carboxylic acids is 2. The molecule has 0 saturated heterocycles. The third-order valence-electron chi connectivity index (χ3n) is 5.69. The van der Waals surface area contributed by atoms with Crippen LogP contribution >= 0.6 is 0 Å². The second-order valence-corrected chi connectivity index (χ2v) is 7.15. The zero-order valence-electron chi connectivity index (χ0n) is 16.1. The molecule has 6 nitrogen and oxygen atoms in total. The van der Waals surface area contributed by atoms with Crippen LogP contribution in [0.15, 0.2) is 24.3 Å². The maximum atomic E-state index is 13.4. The van der Waals surface area contributed by atoms with E-state index in [2.05, 4.69) is 11.1 Å². The Morgan fingerprint density at radius 2 is 1.85 bits per heavy atom. The number of hydrogen-bond donors (Lipinski definition) is 0. The van der Waals surface area contributed by atoms with Crippen molar-refractivity contribution in [3.8, 4) is 0 Å². The van der Waals surface area contributed by atoms with Gasteiger partial charge in [0.25, 0.3) is 11.8 Å². The Morgan fingerprint density at radius 3 is 2.63 bits per heavy atom. The maximum absolute atomic E-state index is 13.4. The van der Waals surface area contributed by atoms with Gasteiger partial charge >= 0.3 is 0 Å². The first-order valence-electron chi connectivity index (χ1n) is 9.94. The van der Waals surface area contributed by atoms with E-state index in [1.807, 2.05) is 41.5 Å². The lowest BCUT2D eigenvalue weighted by molar-refractivity contribution is 0.0754. The molecule has 0 spiro atoms. The molecule has 3 heterocycles. The predicted molar refractivity (Wildman–Crippen MR) is 104 cm³/mol. The molecule has 142 valence electrons. The summed E-state index contributed by atoms with van der Waals surface area (Å²) < 4.78 is 1.99. The number of aromatic nitrogens is 2. The minimum Gasteiger partial charge on any atom is -0.337 e. The quantitative estimate of drug-likeness (QED) is 0.836. The van der Waals surface area contributed by atoms with Gasteiger partial charge in [-0.05, 0) is 51.2 Å². The molecule has 0 saturated carbocycles. The van der Waals surface area contributed by atoms with E-state index in [-0.39, 0.29) is 11.8 Å². The van der Waals surface area contributed by atoms with Gasteiger partial charge in [0.1, 0.15) is 0 Å². The highest BCUT2D eigenvalue weighted by molar-refractivity contribution is 6.07. The molecule has 0 radical (unpaired) electrons. The first kappa shape index (κ1) is 17.8. The average Bonchev–Trinajstić information content (AvgIpc) is 3.30. The fraction of sp³-hybridized carbons (Fsp3) is 0.476.